The molecule has 2 nitrogen and oxygen atoms in total. The Kier molecular flexibility index (Phi) is 8.38. The zero-order valence-electron chi connectivity index (χ0n) is 16.2. The molecule has 2 rings (SSSR count). The molecule has 0 spiro atoms. The van der Waals surface area contributed by atoms with Crippen LogP contribution in [-0.4, -0.2) is 14.1 Å². The monoisotopic (exact) mass is 338 g/mol. The third-order valence-corrected chi connectivity index (χ3v) is 4.89. The van der Waals surface area contributed by atoms with E-state index in [9.17, 15) is 0 Å². The zero-order chi connectivity index (χ0) is 17.9. The summed E-state index contributed by atoms with van der Waals surface area (Å²) < 4.78 is 0. The van der Waals surface area contributed by atoms with Gasteiger partial charge in [0.05, 0.1) is 0 Å². The molecule has 0 atom stereocenters. The van der Waals surface area contributed by atoms with E-state index in [-0.39, 0.29) is 0 Å². The molecule has 0 saturated carbocycles. The van der Waals surface area contributed by atoms with Crippen LogP contribution in [0.3, 0.4) is 0 Å². The van der Waals surface area contributed by atoms with Gasteiger partial charge in [0.1, 0.15) is 0 Å². The van der Waals surface area contributed by atoms with E-state index in [4.69, 9.17) is 0 Å². The van der Waals surface area contributed by atoms with Crippen LogP contribution in [0.1, 0.15) is 62.1 Å². The summed E-state index contributed by atoms with van der Waals surface area (Å²) in [6.45, 7) is 2.27. The molecular formula is C23H34N2. The Morgan fingerprint density at radius 2 is 1.40 bits per heavy atom. The van der Waals surface area contributed by atoms with Crippen LogP contribution in [0.15, 0.2) is 42.5 Å². The molecule has 0 aliphatic carbocycles. The minimum atomic E-state index is 0.998. The normalized spacial score (nSPS) is 10.7. The van der Waals surface area contributed by atoms with E-state index in [2.05, 4.69) is 60.0 Å². The summed E-state index contributed by atoms with van der Waals surface area (Å²) >= 11 is 0. The molecule has 0 saturated heterocycles. The summed E-state index contributed by atoms with van der Waals surface area (Å²) in [7, 11) is 3.98. The van der Waals surface area contributed by atoms with Gasteiger partial charge >= 0.3 is 0 Å². The Labute approximate surface area is 154 Å². The van der Waals surface area contributed by atoms with Gasteiger partial charge in [-0.25, -0.2) is 0 Å². The third kappa shape index (κ3) is 6.45. The fraction of sp³-hybridized carbons (Fsp3) is 0.478. The first-order valence-corrected chi connectivity index (χ1v) is 9.83. The van der Waals surface area contributed by atoms with Crippen molar-refractivity contribution in [3.63, 3.8) is 0 Å². The predicted molar refractivity (Wildman–Crippen MR) is 112 cm³/mol. The topological polar surface area (TPSA) is 24.1 Å². The molecule has 0 bridgehead atoms. The van der Waals surface area contributed by atoms with Crippen molar-refractivity contribution in [2.24, 2.45) is 0 Å². The number of aryl methyl sites for hydroxylation is 1. The second kappa shape index (κ2) is 10.8. The minimum Gasteiger partial charge on any atom is -0.388 e. The average Bonchev–Trinajstić information content (AvgIpc) is 2.65. The van der Waals surface area contributed by atoms with Crippen LogP contribution in [0.4, 0.5) is 11.4 Å². The lowest BCUT2D eigenvalue weighted by molar-refractivity contribution is 0.607. The molecule has 0 fully saturated rings. The fourth-order valence-electron chi connectivity index (χ4n) is 3.33. The molecule has 136 valence electrons. The number of hydrogen-bond donors (Lipinski definition) is 2. The molecule has 0 aromatic heterocycles. The molecule has 0 aliphatic rings. The molecular weight excluding hydrogens is 304 g/mol. The van der Waals surface area contributed by atoms with Gasteiger partial charge in [0, 0.05) is 25.5 Å². The van der Waals surface area contributed by atoms with E-state index in [1.54, 1.807) is 0 Å². The Balaban J connectivity index is 1.95. The molecule has 2 aromatic carbocycles. The maximum absolute atomic E-state index is 3.35. The van der Waals surface area contributed by atoms with Crippen molar-refractivity contribution in [3.8, 4) is 0 Å². The van der Waals surface area contributed by atoms with Crippen molar-refractivity contribution in [2.75, 3.05) is 24.7 Å². The van der Waals surface area contributed by atoms with E-state index in [0.717, 1.165) is 12.1 Å². The number of benzene rings is 2. The lowest BCUT2D eigenvalue weighted by atomic mass is 9.98. The summed E-state index contributed by atoms with van der Waals surface area (Å²) in [6, 6.07) is 15.6. The van der Waals surface area contributed by atoms with Gasteiger partial charge in [-0.2, -0.15) is 0 Å². The van der Waals surface area contributed by atoms with E-state index in [1.807, 2.05) is 14.1 Å². The zero-order valence-corrected chi connectivity index (χ0v) is 16.2. The van der Waals surface area contributed by atoms with Crippen molar-refractivity contribution in [2.45, 2.75) is 58.3 Å². The molecule has 2 N–H and O–H groups in total. The lowest BCUT2D eigenvalue weighted by Crippen LogP contribution is -1.99. The number of nitrogens with one attached hydrogen (secondary N) is 2. The van der Waals surface area contributed by atoms with Crippen molar-refractivity contribution < 1.29 is 0 Å². The van der Waals surface area contributed by atoms with Gasteiger partial charge < -0.3 is 10.6 Å². The number of unbranched alkanes of at least 4 members (excludes halogenated alkanes) is 5. The Bertz CT molecular complexity index is 616. The first-order valence-electron chi connectivity index (χ1n) is 9.83. The summed E-state index contributed by atoms with van der Waals surface area (Å²) in [5.41, 5.74) is 6.67. The SMILES string of the molecule is CCCCCCCCc1cc(Cc2ccc(NC)cc2)ccc1NC. The first kappa shape index (κ1) is 19.4. The second-order valence-corrected chi connectivity index (χ2v) is 6.88. The van der Waals surface area contributed by atoms with Gasteiger partial charge in [0.25, 0.3) is 0 Å². The highest BCUT2D eigenvalue weighted by atomic mass is 14.8. The van der Waals surface area contributed by atoms with Crippen LogP contribution in [0.2, 0.25) is 0 Å². The number of hydrogen-bond acceptors (Lipinski definition) is 2. The van der Waals surface area contributed by atoms with Crippen molar-refractivity contribution in [3.05, 3.63) is 59.2 Å². The van der Waals surface area contributed by atoms with E-state index < -0.39 is 0 Å². The predicted octanol–water partition coefficient (Wildman–Crippen LogP) is 6.26. The van der Waals surface area contributed by atoms with Gasteiger partial charge in [-0.3, -0.25) is 0 Å². The summed E-state index contributed by atoms with van der Waals surface area (Å²) in [5.74, 6) is 0. The Morgan fingerprint density at radius 1 is 0.720 bits per heavy atom. The highest BCUT2D eigenvalue weighted by Gasteiger charge is 2.04. The van der Waals surface area contributed by atoms with E-state index in [0.29, 0.717) is 0 Å². The summed E-state index contributed by atoms with van der Waals surface area (Å²) in [4.78, 5) is 0. The standard InChI is InChI=1S/C23H34N2/c1-4-5-6-7-8-9-10-21-18-20(13-16-23(21)25-3)17-19-11-14-22(24-2)15-12-19/h11-16,18,24-25H,4-10,17H2,1-3H3. The average molecular weight is 339 g/mol. The molecule has 25 heavy (non-hydrogen) atoms. The maximum Gasteiger partial charge on any atom is 0.0370 e. The fourth-order valence-corrected chi connectivity index (χ4v) is 3.33. The van der Waals surface area contributed by atoms with Crippen LogP contribution in [0.25, 0.3) is 0 Å². The van der Waals surface area contributed by atoms with Gasteiger partial charge in [0.15, 0.2) is 0 Å². The first-order chi connectivity index (χ1) is 12.3. The summed E-state index contributed by atoms with van der Waals surface area (Å²) in [6.07, 6.45) is 10.3. The van der Waals surface area contributed by atoms with Gasteiger partial charge in [-0.15, -0.1) is 0 Å². The van der Waals surface area contributed by atoms with Crippen molar-refractivity contribution >= 4 is 11.4 Å². The molecule has 0 radical (unpaired) electrons. The van der Waals surface area contributed by atoms with Crippen molar-refractivity contribution in [1.29, 1.82) is 0 Å². The van der Waals surface area contributed by atoms with Crippen molar-refractivity contribution in [1.82, 2.24) is 0 Å². The van der Waals surface area contributed by atoms with Crippen LogP contribution in [0.5, 0.6) is 0 Å². The Hall–Kier alpha value is -1.96. The third-order valence-electron chi connectivity index (χ3n) is 4.89. The molecule has 0 heterocycles. The number of anilines is 2. The quantitative estimate of drug-likeness (QED) is 0.472. The summed E-state index contributed by atoms with van der Waals surface area (Å²) in [5, 5.41) is 6.53. The second-order valence-electron chi connectivity index (χ2n) is 6.88. The highest BCUT2D eigenvalue weighted by molar-refractivity contribution is 5.53. The van der Waals surface area contributed by atoms with Gasteiger partial charge in [-0.05, 0) is 54.2 Å². The van der Waals surface area contributed by atoms with Gasteiger partial charge in [0.2, 0.25) is 0 Å². The Morgan fingerprint density at radius 3 is 2.08 bits per heavy atom. The maximum atomic E-state index is 3.35. The molecule has 2 aromatic rings. The molecule has 0 aliphatic heterocycles. The van der Waals surface area contributed by atoms with Crippen LogP contribution < -0.4 is 10.6 Å². The van der Waals surface area contributed by atoms with E-state index >= 15 is 0 Å². The minimum absolute atomic E-state index is 0.998. The van der Waals surface area contributed by atoms with Crippen LogP contribution in [-0.2, 0) is 12.8 Å². The molecule has 2 heteroatoms. The molecule has 0 amide bonds. The number of rotatable bonds is 11. The smallest absolute Gasteiger partial charge is 0.0370 e. The largest absolute Gasteiger partial charge is 0.388 e. The molecule has 0 unspecified atom stereocenters. The van der Waals surface area contributed by atoms with Crippen LogP contribution in [0, 0.1) is 0 Å². The van der Waals surface area contributed by atoms with Gasteiger partial charge in [-0.1, -0.05) is 63.3 Å². The highest BCUT2D eigenvalue weighted by Crippen LogP contribution is 2.22. The lowest BCUT2D eigenvalue weighted by Gasteiger charge is -2.12. The van der Waals surface area contributed by atoms with E-state index in [1.165, 1.54) is 67.3 Å². The van der Waals surface area contributed by atoms with Crippen LogP contribution >= 0.6 is 0 Å².